The molecular formula is C15H17BrN2OS. The average molecular weight is 353 g/mol. The molecule has 2 aromatic rings. The minimum absolute atomic E-state index is 0.0520. The van der Waals surface area contributed by atoms with Crippen molar-refractivity contribution in [1.82, 2.24) is 10.3 Å². The van der Waals surface area contributed by atoms with Crippen molar-refractivity contribution < 1.29 is 4.79 Å². The first-order valence-corrected chi connectivity index (χ1v) is 8.12. The Morgan fingerprint density at radius 1 is 1.35 bits per heavy atom. The molecule has 0 aliphatic heterocycles. The van der Waals surface area contributed by atoms with E-state index in [4.69, 9.17) is 0 Å². The zero-order valence-corrected chi connectivity index (χ0v) is 13.9. The van der Waals surface area contributed by atoms with Gasteiger partial charge in [-0.15, -0.1) is 11.8 Å². The van der Waals surface area contributed by atoms with Crippen LogP contribution in [0.25, 0.3) is 0 Å². The Labute approximate surface area is 131 Å². The zero-order valence-electron chi connectivity index (χ0n) is 11.5. The zero-order chi connectivity index (χ0) is 14.5. The van der Waals surface area contributed by atoms with E-state index in [0.29, 0.717) is 12.3 Å². The lowest BCUT2D eigenvalue weighted by Crippen LogP contribution is -2.24. The van der Waals surface area contributed by atoms with Crippen LogP contribution in [-0.4, -0.2) is 16.6 Å². The molecule has 0 atom stereocenters. The van der Waals surface area contributed by atoms with Crippen molar-refractivity contribution in [3.63, 3.8) is 0 Å². The number of hydrogen-bond donors (Lipinski definition) is 2. The van der Waals surface area contributed by atoms with E-state index >= 15 is 0 Å². The number of H-pyrrole nitrogens is 1. The molecule has 1 amide bonds. The molecule has 0 aliphatic rings. The molecule has 1 aromatic heterocycles. The summed E-state index contributed by atoms with van der Waals surface area (Å²) >= 11 is 5.09. The molecule has 0 saturated carbocycles. The first-order chi connectivity index (χ1) is 9.56. The SMILES string of the molecule is Cc1cc(SCC(=O)NCc2cc[nH]c2)c(C)cc1Br. The summed E-state index contributed by atoms with van der Waals surface area (Å²) in [4.78, 5) is 15.9. The van der Waals surface area contributed by atoms with E-state index in [2.05, 4.69) is 52.2 Å². The van der Waals surface area contributed by atoms with Crippen molar-refractivity contribution in [3.8, 4) is 0 Å². The minimum atomic E-state index is 0.0520. The number of hydrogen-bond acceptors (Lipinski definition) is 2. The van der Waals surface area contributed by atoms with Gasteiger partial charge in [0.1, 0.15) is 0 Å². The van der Waals surface area contributed by atoms with Crippen LogP contribution in [0, 0.1) is 13.8 Å². The van der Waals surface area contributed by atoms with Crippen LogP contribution in [-0.2, 0) is 11.3 Å². The van der Waals surface area contributed by atoms with Crippen LogP contribution in [0.5, 0.6) is 0 Å². The van der Waals surface area contributed by atoms with Crippen molar-refractivity contribution in [2.75, 3.05) is 5.75 Å². The van der Waals surface area contributed by atoms with Gasteiger partial charge in [0.15, 0.2) is 0 Å². The summed E-state index contributed by atoms with van der Waals surface area (Å²) < 4.78 is 1.11. The fraction of sp³-hybridized carbons (Fsp3) is 0.267. The van der Waals surface area contributed by atoms with Gasteiger partial charge in [-0.25, -0.2) is 0 Å². The third-order valence-electron chi connectivity index (χ3n) is 2.97. The number of aromatic amines is 1. The molecule has 0 aliphatic carbocycles. The predicted molar refractivity (Wildman–Crippen MR) is 87.0 cm³/mol. The molecule has 2 rings (SSSR count). The topological polar surface area (TPSA) is 44.9 Å². The molecule has 1 aromatic carbocycles. The third-order valence-corrected chi connectivity index (χ3v) is 4.98. The van der Waals surface area contributed by atoms with E-state index in [-0.39, 0.29) is 5.91 Å². The normalized spacial score (nSPS) is 10.6. The van der Waals surface area contributed by atoms with Gasteiger partial charge in [0.2, 0.25) is 5.91 Å². The van der Waals surface area contributed by atoms with Crippen LogP contribution < -0.4 is 5.32 Å². The van der Waals surface area contributed by atoms with Crippen LogP contribution in [0.3, 0.4) is 0 Å². The van der Waals surface area contributed by atoms with Gasteiger partial charge >= 0.3 is 0 Å². The summed E-state index contributed by atoms with van der Waals surface area (Å²) in [6.07, 6.45) is 3.74. The second-order valence-electron chi connectivity index (χ2n) is 4.65. The number of amides is 1. The van der Waals surface area contributed by atoms with Crippen molar-refractivity contribution in [3.05, 3.63) is 51.8 Å². The number of rotatable bonds is 5. The van der Waals surface area contributed by atoms with Gasteiger partial charge in [-0.2, -0.15) is 0 Å². The number of halogens is 1. The van der Waals surface area contributed by atoms with Crippen LogP contribution in [0.15, 0.2) is 40.0 Å². The van der Waals surface area contributed by atoms with E-state index < -0.39 is 0 Å². The number of carbonyl (C=O) groups excluding carboxylic acids is 1. The summed E-state index contributed by atoms with van der Waals surface area (Å²) in [6, 6.07) is 6.16. The fourth-order valence-corrected chi connectivity index (χ4v) is 3.17. The lowest BCUT2D eigenvalue weighted by atomic mass is 10.2. The third kappa shape index (κ3) is 4.15. The number of aryl methyl sites for hydroxylation is 2. The fourth-order valence-electron chi connectivity index (χ4n) is 1.77. The predicted octanol–water partition coefficient (Wildman–Crippen LogP) is 3.80. The maximum absolute atomic E-state index is 11.8. The Bertz CT molecular complexity index is 596. The van der Waals surface area contributed by atoms with E-state index in [1.807, 2.05) is 18.5 Å². The van der Waals surface area contributed by atoms with E-state index in [9.17, 15) is 4.79 Å². The molecule has 0 spiro atoms. The average Bonchev–Trinajstić information content (AvgIpc) is 2.92. The van der Waals surface area contributed by atoms with Gasteiger partial charge in [-0.1, -0.05) is 15.9 Å². The second-order valence-corrected chi connectivity index (χ2v) is 6.52. The molecule has 5 heteroatoms. The van der Waals surface area contributed by atoms with Gasteiger partial charge in [-0.3, -0.25) is 4.79 Å². The minimum Gasteiger partial charge on any atom is -0.367 e. The van der Waals surface area contributed by atoms with Crippen molar-refractivity contribution in [1.29, 1.82) is 0 Å². The number of aromatic nitrogens is 1. The molecule has 0 fully saturated rings. The van der Waals surface area contributed by atoms with Gasteiger partial charge < -0.3 is 10.3 Å². The van der Waals surface area contributed by atoms with Crippen LogP contribution in [0.4, 0.5) is 0 Å². The molecule has 0 radical (unpaired) electrons. The Balaban J connectivity index is 1.85. The van der Waals surface area contributed by atoms with E-state index in [1.165, 1.54) is 11.1 Å². The molecule has 106 valence electrons. The summed E-state index contributed by atoms with van der Waals surface area (Å²) in [7, 11) is 0. The lowest BCUT2D eigenvalue weighted by molar-refractivity contribution is -0.118. The standard InChI is InChI=1S/C15H17BrN2OS/c1-10-6-14(11(2)5-13(10)16)20-9-15(19)18-8-12-3-4-17-7-12/h3-7,17H,8-9H2,1-2H3,(H,18,19). The largest absolute Gasteiger partial charge is 0.367 e. The molecule has 3 nitrogen and oxygen atoms in total. The lowest BCUT2D eigenvalue weighted by Gasteiger charge is -2.09. The van der Waals surface area contributed by atoms with E-state index in [1.54, 1.807) is 11.8 Å². The molecule has 20 heavy (non-hydrogen) atoms. The van der Waals surface area contributed by atoms with Crippen LogP contribution in [0.2, 0.25) is 0 Å². The molecule has 0 unspecified atom stereocenters. The first-order valence-electron chi connectivity index (χ1n) is 6.34. The van der Waals surface area contributed by atoms with Gasteiger partial charge in [-0.05, 0) is 48.7 Å². The van der Waals surface area contributed by atoms with Crippen LogP contribution in [0.1, 0.15) is 16.7 Å². The van der Waals surface area contributed by atoms with Gasteiger partial charge in [0.05, 0.1) is 5.75 Å². The highest BCUT2D eigenvalue weighted by Crippen LogP contribution is 2.28. The first kappa shape index (κ1) is 15.2. The van der Waals surface area contributed by atoms with Crippen molar-refractivity contribution in [2.24, 2.45) is 0 Å². The number of benzene rings is 1. The molecular weight excluding hydrogens is 336 g/mol. The molecule has 2 N–H and O–H groups in total. The van der Waals surface area contributed by atoms with Crippen molar-refractivity contribution in [2.45, 2.75) is 25.3 Å². The number of thioether (sulfide) groups is 1. The van der Waals surface area contributed by atoms with Gasteiger partial charge in [0.25, 0.3) is 0 Å². The molecule has 1 heterocycles. The van der Waals surface area contributed by atoms with Gasteiger partial charge in [0, 0.05) is 28.3 Å². The maximum atomic E-state index is 11.8. The summed E-state index contributed by atoms with van der Waals surface area (Å²) in [5, 5.41) is 2.91. The molecule has 0 saturated heterocycles. The Hall–Kier alpha value is -1.20. The van der Waals surface area contributed by atoms with E-state index in [0.717, 1.165) is 14.9 Å². The Morgan fingerprint density at radius 3 is 2.85 bits per heavy atom. The Kier molecular flexibility index (Phi) is 5.31. The monoisotopic (exact) mass is 352 g/mol. The summed E-state index contributed by atoms with van der Waals surface area (Å²) in [6.45, 7) is 4.69. The highest BCUT2D eigenvalue weighted by molar-refractivity contribution is 9.10. The summed E-state index contributed by atoms with van der Waals surface area (Å²) in [5.41, 5.74) is 3.45. The highest BCUT2D eigenvalue weighted by atomic mass is 79.9. The highest BCUT2D eigenvalue weighted by Gasteiger charge is 2.07. The number of nitrogens with one attached hydrogen (secondary N) is 2. The molecule has 0 bridgehead atoms. The Morgan fingerprint density at radius 2 is 2.15 bits per heavy atom. The summed E-state index contributed by atoms with van der Waals surface area (Å²) in [5.74, 6) is 0.489. The van der Waals surface area contributed by atoms with Crippen molar-refractivity contribution >= 4 is 33.6 Å². The quantitative estimate of drug-likeness (QED) is 0.803. The number of carbonyl (C=O) groups is 1. The van der Waals surface area contributed by atoms with Crippen LogP contribution >= 0.6 is 27.7 Å². The smallest absolute Gasteiger partial charge is 0.230 e. The maximum Gasteiger partial charge on any atom is 0.230 e. The second kappa shape index (κ2) is 6.99.